The summed E-state index contributed by atoms with van der Waals surface area (Å²) < 4.78 is 11.1. The van der Waals surface area contributed by atoms with E-state index in [1.807, 2.05) is 0 Å². The number of carbonyl (C=O) groups is 5. The Hall–Kier alpha value is -2.09. The maximum Gasteiger partial charge on any atom is 0.338 e. The van der Waals surface area contributed by atoms with Crippen LogP contribution in [0.5, 0.6) is 0 Å². The molecule has 5 N–H and O–H groups in total. The highest BCUT2D eigenvalue weighted by atomic mass is 16.6. The van der Waals surface area contributed by atoms with E-state index in [-0.39, 0.29) is 19.3 Å². The van der Waals surface area contributed by atoms with Gasteiger partial charge in [0.2, 0.25) is 0 Å². The molecule has 7 fully saturated rings. The molecule has 0 spiro atoms. The monoisotopic (exact) mass is 590 g/mol. The number of epoxide rings is 1. The molecule has 17 unspecified atom stereocenters. The molecular formula is C30H38O12. The molecule has 7 rings (SSSR count). The van der Waals surface area contributed by atoms with Crippen LogP contribution in [0.4, 0.5) is 0 Å². The van der Waals surface area contributed by atoms with Crippen LogP contribution in [-0.4, -0.2) is 102 Å². The molecule has 5 aliphatic carbocycles. The van der Waals surface area contributed by atoms with Gasteiger partial charge >= 0.3 is 5.97 Å². The quantitative estimate of drug-likeness (QED) is 0.184. The van der Waals surface area contributed by atoms with Crippen molar-refractivity contribution in [2.75, 3.05) is 0 Å². The molecule has 0 aromatic rings. The molecule has 2 heterocycles. The van der Waals surface area contributed by atoms with Gasteiger partial charge in [0.1, 0.15) is 41.3 Å². The molecule has 12 heteroatoms. The first-order valence-electron chi connectivity index (χ1n) is 14.8. The maximum absolute atomic E-state index is 14.9. The third-order valence-electron chi connectivity index (χ3n) is 13.5. The Morgan fingerprint density at radius 1 is 0.929 bits per heavy atom. The van der Waals surface area contributed by atoms with E-state index < -0.39 is 129 Å². The minimum absolute atomic E-state index is 0.197. The van der Waals surface area contributed by atoms with Crippen molar-refractivity contribution in [3.05, 3.63) is 0 Å². The summed E-state index contributed by atoms with van der Waals surface area (Å²) in [5.41, 5.74) is -10.1. The summed E-state index contributed by atoms with van der Waals surface area (Å²) in [6.07, 6.45) is -8.30. The topological polar surface area (TPSA) is 208 Å². The largest absolute Gasteiger partial charge is 0.459 e. The lowest BCUT2D eigenvalue weighted by Gasteiger charge is -2.64. The molecule has 0 aromatic heterocycles. The van der Waals surface area contributed by atoms with E-state index in [0.717, 1.165) is 6.92 Å². The molecular weight excluding hydrogens is 552 g/mol. The van der Waals surface area contributed by atoms with Crippen molar-refractivity contribution in [3.63, 3.8) is 0 Å². The summed E-state index contributed by atoms with van der Waals surface area (Å²) in [5, 5.41) is 58.6. The van der Waals surface area contributed by atoms with Crippen molar-refractivity contribution < 1.29 is 59.0 Å². The van der Waals surface area contributed by atoms with Crippen LogP contribution in [0.3, 0.4) is 0 Å². The molecule has 230 valence electrons. The number of aliphatic hydroxyl groups excluding tert-OH is 3. The van der Waals surface area contributed by atoms with Gasteiger partial charge in [0, 0.05) is 24.2 Å². The Morgan fingerprint density at radius 2 is 1.57 bits per heavy atom. The highest BCUT2D eigenvalue weighted by molar-refractivity contribution is 6.05. The molecule has 2 aliphatic heterocycles. The Bertz CT molecular complexity index is 1360. The lowest BCUT2D eigenvalue weighted by atomic mass is 9.38. The Balaban J connectivity index is 1.48. The third kappa shape index (κ3) is 2.60. The normalized spacial score (nSPS) is 60.8. The van der Waals surface area contributed by atoms with Gasteiger partial charge < -0.3 is 35.0 Å². The van der Waals surface area contributed by atoms with Gasteiger partial charge in [0.15, 0.2) is 11.4 Å². The van der Waals surface area contributed by atoms with Crippen LogP contribution in [0, 0.1) is 51.8 Å². The van der Waals surface area contributed by atoms with Crippen LogP contribution in [0.25, 0.3) is 0 Å². The SMILES string of the molecule is CC(=O)C12C(O)CC3C(C(=O)C(O)C4(O)CC5OC5C(O)C34C(C)=O)C1C(=O)C1C2C(C)CC2OC(=O)C(C)(O)C21C. The lowest BCUT2D eigenvalue weighted by molar-refractivity contribution is -0.265. The second-order valence-electron chi connectivity index (χ2n) is 14.7. The van der Waals surface area contributed by atoms with E-state index in [9.17, 15) is 49.5 Å². The summed E-state index contributed by atoms with van der Waals surface area (Å²) in [6.45, 7) is 6.98. The molecule has 12 nitrogen and oxygen atoms in total. The zero-order chi connectivity index (χ0) is 30.9. The maximum atomic E-state index is 14.9. The first-order valence-corrected chi connectivity index (χ1v) is 14.8. The number of hydrogen-bond acceptors (Lipinski definition) is 12. The Labute approximate surface area is 241 Å². The minimum atomic E-state index is -2.43. The summed E-state index contributed by atoms with van der Waals surface area (Å²) >= 11 is 0. The fourth-order valence-electron chi connectivity index (χ4n) is 11.6. The molecule has 2 saturated heterocycles. The van der Waals surface area contributed by atoms with Crippen molar-refractivity contribution in [1.82, 2.24) is 0 Å². The van der Waals surface area contributed by atoms with E-state index in [2.05, 4.69) is 0 Å². The molecule has 42 heavy (non-hydrogen) atoms. The predicted octanol–water partition coefficient (Wildman–Crippen LogP) is -1.51. The zero-order valence-corrected chi connectivity index (χ0v) is 24.1. The summed E-state index contributed by atoms with van der Waals surface area (Å²) in [4.78, 5) is 69.5. The second kappa shape index (κ2) is 7.94. The van der Waals surface area contributed by atoms with Crippen LogP contribution >= 0.6 is 0 Å². The molecule has 0 bridgehead atoms. The standard InChI is InChI=1S/C30H38O12/c1-9-6-15-26(4,27(5,39)25(38)42-15)19-17(9)29(10(2)31)14(33)7-12-16(18(29)21(19)35)20(34)23(36)28(40)8-13-22(41-13)24(37)30(12,28)11(3)32/h9,12-19,22-24,33,36-37,39-40H,6-8H2,1-5H3. The summed E-state index contributed by atoms with van der Waals surface area (Å²) in [7, 11) is 0. The lowest BCUT2D eigenvalue weighted by Crippen LogP contribution is -2.80. The number of aliphatic hydroxyl groups is 5. The van der Waals surface area contributed by atoms with Crippen LogP contribution in [-0.2, 0) is 33.4 Å². The number of hydrogen-bond donors (Lipinski definition) is 5. The number of rotatable bonds is 2. The van der Waals surface area contributed by atoms with Gasteiger partial charge in [-0.1, -0.05) is 13.8 Å². The molecule has 17 atom stereocenters. The number of carbonyl (C=O) groups excluding carboxylic acids is 5. The molecule has 5 saturated carbocycles. The van der Waals surface area contributed by atoms with Crippen molar-refractivity contribution in [1.29, 1.82) is 0 Å². The van der Waals surface area contributed by atoms with Crippen LogP contribution in [0.15, 0.2) is 0 Å². The summed E-state index contributed by atoms with van der Waals surface area (Å²) in [5.74, 6) is -10.7. The van der Waals surface area contributed by atoms with Gasteiger partial charge in [-0.2, -0.15) is 0 Å². The van der Waals surface area contributed by atoms with Gasteiger partial charge in [-0.05, 0) is 51.4 Å². The van der Waals surface area contributed by atoms with E-state index >= 15 is 0 Å². The van der Waals surface area contributed by atoms with Crippen molar-refractivity contribution in [3.8, 4) is 0 Å². The van der Waals surface area contributed by atoms with E-state index in [0.29, 0.717) is 0 Å². The molecule has 0 amide bonds. The van der Waals surface area contributed by atoms with E-state index in [1.54, 1.807) is 13.8 Å². The number of fused-ring (bicyclic) bond motifs is 10. The number of esters is 1. The fourth-order valence-corrected chi connectivity index (χ4v) is 11.6. The van der Waals surface area contributed by atoms with E-state index in [4.69, 9.17) is 9.47 Å². The average Bonchev–Trinajstić information content (AvgIpc) is 3.56. The zero-order valence-electron chi connectivity index (χ0n) is 24.1. The molecule has 7 aliphatic rings. The number of ketones is 4. The Kier molecular flexibility index (Phi) is 5.42. The van der Waals surface area contributed by atoms with E-state index in [1.165, 1.54) is 13.8 Å². The van der Waals surface area contributed by atoms with Crippen LogP contribution in [0.1, 0.15) is 53.9 Å². The first-order chi connectivity index (χ1) is 19.4. The van der Waals surface area contributed by atoms with Gasteiger partial charge in [-0.25, -0.2) is 4.79 Å². The van der Waals surface area contributed by atoms with Crippen molar-refractivity contribution in [2.24, 2.45) is 51.8 Å². The fraction of sp³-hybridized carbons (Fsp3) is 0.833. The minimum Gasteiger partial charge on any atom is -0.459 e. The third-order valence-corrected chi connectivity index (χ3v) is 13.5. The predicted molar refractivity (Wildman–Crippen MR) is 137 cm³/mol. The highest BCUT2D eigenvalue weighted by Crippen LogP contribution is 2.74. The number of Topliss-reactive ketones (excluding diaryl/α,β-unsaturated/α-hetero) is 4. The molecule has 0 radical (unpaired) electrons. The van der Waals surface area contributed by atoms with Gasteiger partial charge in [-0.15, -0.1) is 0 Å². The smallest absolute Gasteiger partial charge is 0.338 e. The van der Waals surface area contributed by atoms with Crippen LogP contribution in [0.2, 0.25) is 0 Å². The van der Waals surface area contributed by atoms with Crippen molar-refractivity contribution >= 4 is 29.1 Å². The number of ether oxygens (including phenoxy) is 2. The average molecular weight is 591 g/mol. The molecule has 0 aromatic carbocycles. The highest BCUT2D eigenvalue weighted by Gasteiger charge is 2.86. The van der Waals surface area contributed by atoms with Gasteiger partial charge in [0.05, 0.1) is 34.6 Å². The van der Waals surface area contributed by atoms with Gasteiger partial charge in [-0.3, -0.25) is 19.2 Å². The van der Waals surface area contributed by atoms with Crippen LogP contribution < -0.4 is 0 Å². The summed E-state index contributed by atoms with van der Waals surface area (Å²) in [6, 6.07) is 0. The Morgan fingerprint density at radius 3 is 2.17 bits per heavy atom. The first kappa shape index (κ1) is 28.7. The van der Waals surface area contributed by atoms with Crippen molar-refractivity contribution in [2.45, 2.75) is 102 Å². The van der Waals surface area contributed by atoms with Gasteiger partial charge in [0.25, 0.3) is 0 Å². The second-order valence-corrected chi connectivity index (χ2v) is 14.7.